The Labute approximate surface area is 224 Å². The number of anilines is 2. The first kappa shape index (κ1) is 26.2. The van der Waals surface area contributed by atoms with E-state index in [0.29, 0.717) is 16.1 Å². The summed E-state index contributed by atoms with van der Waals surface area (Å²) in [7, 11) is 0. The number of carbonyl (C=O) groups excluding carboxylic acids is 2. The van der Waals surface area contributed by atoms with E-state index in [0.717, 1.165) is 12.1 Å². The lowest BCUT2D eigenvalue weighted by atomic mass is 10.1. The summed E-state index contributed by atoms with van der Waals surface area (Å²) in [6.45, 7) is -0.738. The Bertz CT molecular complexity index is 1420. The third-order valence-electron chi connectivity index (χ3n) is 5.66. The predicted octanol–water partition coefficient (Wildman–Crippen LogP) is 7.25. The number of halogens is 6. The molecule has 0 aliphatic heterocycles. The topological polar surface area (TPSA) is 82.0 Å². The van der Waals surface area contributed by atoms with Gasteiger partial charge >= 0.3 is 0 Å². The van der Waals surface area contributed by atoms with Crippen molar-refractivity contribution in [2.24, 2.45) is 5.92 Å². The van der Waals surface area contributed by atoms with Crippen LogP contribution in [0.4, 0.5) is 20.2 Å². The number of nitrogens with zero attached hydrogens (tertiary/aromatic N) is 1. The van der Waals surface area contributed by atoms with Gasteiger partial charge in [0, 0.05) is 16.6 Å². The summed E-state index contributed by atoms with van der Waals surface area (Å²) in [6, 6.07) is 14.0. The van der Waals surface area contributed by atoms with Gasteiger partial charge in [-0.2, -0.15) is 5.26 Å². The lowest BCUT2D eigenvalue weighted by molar-refractivity contribution is -0.117. The maximum absolute atomic E-state index is 13.4. The zero-order chi connectivity index (χ0) is 26.2. The average molecular weight is 569 g/mol. The first-order valence-corrected chi connectivity index (χ1v) is 11.9. The highest BCUT2D eigenvalue weighted by Crippen LogP contribution is 2.65. The van der Waals surface area contributed by atoms with Crippen molar-refractivity contribution in [3.05, 3.63) is 92.7 Å². The fourth-order valence-electron chi connectivity index (χ4n) is 3.90. The van der Waals surface area contributed by atoms with Crippen LogP contribution in [0.3, 0.4) is 0 Å². The second-order valence-corrected chi connectivity index (χ2v) is 10.4. The van der Waals surface area contributed by atoms with E-state index in [2.05, 4.69) is 10.6 Å². The first-order chi connectivity index (χ1) is 17.0. The highest BCUT2D eigenvalue weighted by molar-refractivity contribution is 6.53. The third kappa shape index (κ3) is 5.28. The smallest absolute Gasteiger partial charge is 0.257 e. The lowest BCUT2D eigenvalue weighted by Gasteiger charge is -2.11. The van der Waals surface area contributed by atoms with Gasteiger partial charge in [0.15, 0.2) is 0 Å². The SMILES string of the molecule is N#Cc1cc(F)ccc1NC(=O)c1cc(NC(=O)C2C(c3cc(Cl)cc(CF)c3)C2(Cl)Cl)ccc1Cl. The monoisotopic (exact) mass is 567 g/mol. The Balaban J connectivity index is 1.53. The van der Waals surface area contributed by atoms with E-state index in [9.17, 15) is 23.6 Å². The molecule has 36 heavy (non-hydrogen) atoms. The van der Waals surface area contributed by atoms with Gasteiger partial charge in [-0.15, -0.1) is 23.2 Å². The molecule has 2 N–H and O–H groups in total. The molecule has 0 aromatic heterocycles. The molecule has 0 saturated heterocycles. The number of nitrogens with one attached hydrogen (secondary N) is 2. The molecule has 4 rings (SSSR count). The molecule has 2 atom stereocenters. The fourth-order valence-corrected chi connectivity index (χ4v) is 5.20. The molecule has 3 aromatic carbocycles. The number of hydrogen-bond acceptors (Lipinski definition) is 3. The molecule has 0 radical (unpaired) electrons. The highest BCUT2D eigenvalue weighted by Gasteiger charge is 2.67. The molecule has 0 heterocycles. The van der Waals surface area contributed by atoms with Gasteiger partial charge in [0.05, 0.1) is 27.8 Å². The van der Waals surface area contributed by atoms with Crippen molar-refractivity contribution in [2.75, 3.05) is 10.6 Å². The van der Waals surface area contributed by atoms with Crippen molar-refractivity contribution in [3.8, 4) is 6.07 Å². The Morgan fingerprint density at radius 3 is 2.47 bits per heavy atom. The summed E-state index contributed by atoms with van der Waals surface area (Å²) < 4.78 is 25.1. The summed E-state index contributed by atoms with van der Waals surface area (Å²) in [6.07, 6.45) is 0. The lowest BCUT2D eigenvalue weighted by Crippen LogP contribution is -2.18. The van der Waals surface area contributed by atoms with Gasteiger partial charge in [-0.1, -0.05) is 29.3 Å². The normalized spacial score (nSPS) is 17.7. The van der Waals surface area contributed by atoms with Crippen molar-refractivity contribution < 1.29 is 18.4 Å². The van der Waals surface area contributed by atoms with Crippen LogP contribution in [0, 0.1) is 23.1 Å². The summed E-state index contributed by atoms with van der Waals surface area (Å²) in [5, 5.41) is 14.7. The van der Waals surface area contributed by atoms with Crippen LogP contribution in [0.25, 0.3) is 0 Å². The van der Waals surface area contributed by atoms with Gasteiger partial charge in [-0.05, 0) is 59.7 Å². The molecular formula is C25H15Cl4F2N3O2. The molecule has 184 valence electrons. The van der Waals surface area contributed by atoms with Gasteiger partial charge in [-0.3, -0.25) is 9.59 Å². The van der Waals surface area contributed by atoms with Crippen LogP contribution < -0.4 is 10.6 Å². The quantitative estimate of drug-likeness (QED) is 0.307. The molecule has 2 unspecified atom stereocenters. The minimum atomic E-state index is -1.44. The molecule has 1 aliphatic rings. The first-order valence-electron chi connectivity index (χ1n) is 10.4. The van der Waals surface area contributed by atoms with Gasteiger partial charge in [0.1, 0.15) is 22.9 Å². The Kier molecular flexibility index (Phi) is 7.44. The van der Waals surface area contributed by atoms with E-state index in [-0.39, 0.29) is 27.5 Å². The molecule has 0 bridgehead atoms. The number of amides is 2. The summed E-state index contributed by atoms with van der Waals surface area (Å²) in [4.78, 5) is 25.8. The number of benzene rings is 3. The van der Waals surface area contributed by atoms with E-state index in [4.69, 9.17) is 46.4 Å². The largest absolute Gasteiger partial charge is 0.326 e. The van der Waals surface area contributed by atoms with E-state index >= 15 is 0 Å². The van der Waals surface area contributed by atoms with Crippen molar-refractivity contribution in [1.82, 2.24) is 0 Å². The molecule has 1 fully saturated rings. The molecule has 5 nitrogen and oxygen atoms in total. The second-order valence-electron chi connectivity index (χ2n) is 8.10. The maximum Gasteiger partial charge on any atom is 0.257 e. The number of nitriles is 1. The zero-order valence-electron chi connectivity index (χ0n) is 18.1. The minimum absolute atomic E-state index is 0.000433. The van der Waals surface area contributed by atoms with Crippen molar-refractivity contribution in [3.63, 3.8) is 0 Å². The molecule has 0 spiro atoms. The molecule has 11 heteroatoms. The van der Waals surface area contributed by atoms with E-state index in [1.807, 2.05) is 0 Å². The number of carbonyl (C=O) groups is 2. The fraction of sp³-hybridized carbons (Fsp3) is 0.160. The Morgan fingerprint density at radius 2 is 1.78 bits per heavy atom. The molecular weight excluding hydrogens is 554 g/mol. The summed E-state index contributed by atoms with van der Waals surface area (Å²) in [5.74, 6) is -3.31. The Hall–Kier alpha value is -2.89. The van der Waals surface area contributed by atoms with Crippen LogP contribution in [0.2, 0.25) is 10.0 Å². The van der Waals surface area contributed by atoms with Crippen LogP contribution >= 0.6 is 46.4 Å². The molecule has 3 aromatic rings. The van der Waals surface area contributed by atoms with E-state index in [1.54, 1.807) is 18.2 Å². The van der Waals surface area contributed by atoms with Crippen LogP contribution in [0.5, 0.6) is 0 Å². The number of alkyl halides is 3. The van der Waals surface area contributed by atoms with Gasteiger partial charge < -0.3 is 10.6 Å². The zero-order valence-corrected chi connectivity index (χ0v) is 21.1. The molecule has 2 amide bonds. The average Bonchev–Trinajstić information content (AvgIpc) is 3.42. The number of hydrogen-bond donors (Lipinski definition) is 2. The number of rotatable bonds is 6. The standard InChI is InChI=1S/C25H15Cl4F2N3O2/c26-15-6-12(10-30)5-13(7-15)21-22(25(21,28)29)24(36)33-17-2-3-19(27)18(9-17)23(35)34-20-4-1-16(31)8-14(20)11-32/h1-9,21-22H,10H2,(H,33,36)(H,34,35). The van der Waals surface area contributed by atoms with Crippen molar-refractivity contribution in [1.29, 1.82) is 5.26 Å². The van der Waals surface area contributed by atoms with E-state index in [1.165, 1.54) is 30.3 Å². The van der Waals surface area contributed by atoms with Crippen LogP contribution in [0.15, 0.2) is 54.6 Å². The molecule has 1 aliphatic carbocycles. The van der Waals surface area contributed by atoms with Gasteiger partial charge in [-0.25, -0.2) is 8.78 Å². The minimum Gasteiger partial charge on any atom is -0.326 e. The summed E-state index contributed by atoms with van der Waals surface area (Å²) >= 11 is 25.0. The van der Waals surface area contributed by atoms with Crippen LogP contribution in [-0.4, -0.2) is 16.1 Å². The maximum atomic E-state index is 13.4. The van der Waals surface area contributed by atoms with Gasteiger partial charge in [0.2, 0.25) is 5.91 Å². The van der Waals surface area contributed by atoms with E-state index < -0.39 is 40.5 Å². The Morgan fingerprint density at radius 1 is 1.03 bits per heavy atom. The molecule has 1 saturated carbocycles. The summed E-state index contributed by atoms with van der Waals surface area (Å²) in [5.41, 5.74) is 1.13. The van der Waals surface area contributed by atoms with Crippen molar-refractivity contribution in [2.45, 2.75) is 16.9 Å². The predicted molar refractivity (Wildman–Crippen MR) is 136 cm³/mol. The van der Waals surface area contributed by atoms with Crippen LogP contribution in [-0.2, 0) is 11.5 Å². The van der Waals surface area contributed by atoms with Crippen molar-refractivity contribution >= 4 is 69.6 Å². The third-order valence-corrected chi connectivity index (χ3v) is 7.15. The van der Waals surface area contributed by atoms with Gasteiger partial charge in [0.25, 0.3) is 5.91 Å². The highest BCUT2D eigenvalue weighted by atomic mass is 35.5. The second kappa shape index (κ2) is 10.2. The van der Waals surface area contributed by atoms with Crippen LogP contribution in [0.1, 0.15) is 33.0 Å².